The Morgan fingerprint density at radius 1 is 0.947 bits per heavy atom. The molecule has 4 heteroatoms. The normalized spacial score (nSPS) is 25.7. The Kier molecular flexibility index (Phi) is 8.05. The van der Waals surface area contributed by atoms with Gasteiger partial charge in [0.05, 0.1) is 5.41 Å². The second-order valence-electron chi connectivity index (χ2n) is 11.9. The van der Waals surface area contributed by atoms with Gasteiger partial charge in [0, 0.05) is 17.3 Å². The van der Waals surface area contributed by atoms with Crippen molar-refractivity contribution in [2.75, 3.05) is 0 Å². The Balaban J connectivity index is 1.36. The first-order chi connectivity index (χ1) is 18.4. The van der Waals surface area contributed by atoms with Gasteiger partial charge in [0.1, 0.15) is 17.2 Å². The summed E-state index contributed by atoms with van der Waals surface area (Å²) in [7, 11) is 0. The first kappa shape index (κ1) is 27.1. The molecule has 202 valence electrons. The lowest BCUT2D eigenvalue weighted by Crippen LogP contribution is -2.31. The van der Waals surface area contributed by atoms with E-state index in [1.54, 1.807) is 0 Å². The van der Waals surface area contributed by atoms with Crippen molar-refractivity contribution < 1.29 is 5.11 Å². The van der Waals surface area contributed by atoms with E-state index in [0.717, 1.165) is 12.8 Å². The molecule has 1 aromatic heterocycles. The number of hydrogen-bond donors (Lipinski definition) is 1. The van der Waals surface area contributed by atoms with Crippen LogP contribution in [-0.4, -0.2) is 14.7 Å². The summed E-state index contributed by atoms with van der Waals surface area (Å²) in [6.45, 7) is 6.93. The number of aromatic nitrogens is 2. The fraction of sp³-hybridized carbons (Fsp3) is 0.500. The predicted molar refractivity (Wildman–Crippen MR) is 160 cm³/mol. The van der Waals surface area contributed by atoms with Gasteiger partial charge in [-0.2, -0.15) is 0 Å². The SMILES string of the molecule is CCCCCCCCCCCCC1=C2C3=C(C=C[C@]2(C)C(n2cnc(Cl)c2)=C1)[C@]1(C)CC=C(O)C=C1C=C3. The van der Waals surface area contributed by atoms with Gasteiger partial charge in [-0.15, -0.1) is 0 Å². The topological polar surface area (TPSA) is 38.0 Å². The molecule has 4 aliphatic carbocycles. The number of allylic oxidation sites excluding steroid dienone is 13. The van der Waals surface area contributed by atoms with Crippen LogP contribution in [0.15, 0.2) is 88.7 Å². The third-order valence-corrected chi connectivity index (χ3v) is 9.33. The van der Waals surface area contributed by atoms with E-state index in [9.17, 15) is 5.11 Å². The summed E-state index contributed by atoms with van der Waals surface area (Å²) in [5.74, 6) is 0.374. The third kappa shape index (κ3) is 5.07. The number of unbranched alkanes of at least 4 members (excludes halogenated alkanes) is 9. The molecule has 1 heterocycles. The Labute approximate surface area is 234 Å². The minimum Gasteiger partial charge on any atom is -0.508 e. The molecule has 5 rings (SSSR count). The van der Waals surface area contributed by atoms with Crippen LogP contribution >= 0.6 is 11.6 Å². The summed E-state index contributed by atoms with van der Waals surface area (Å²) >= 11 is 6.25. The highest BCUT2D eigenvalue weighted by Gasteiger charge is 2.46. The summed E-state index contributed by atoms with van der Waals surface area (Å²) in [5, 5.41) is 10.7. The largest absolute Gasteiger partial charge is 0.508 e. The molecular weight excluding hydrogens is 488 g/mol. The van der Waals surface area contributed by atoms with E-state index >= 15 is 0 Å². The van der Waals surface area contributed by atoms with Crippen molar-refractivity contribution in [3.8, 4) is 0 Å². The average Bonchev–Trinajstić information content (AvgIpc) is 3.45. The fourth-order valence-corrected chi connectivity index (χ4v) is 7.00. The number of aliphatic hydroxyl groups is 1. The highest BCUT2D eigenvalue weighted by atomic mass is 35.5. The van der Waals surface area contributed by atoms with Gasteiger partial charge < -0.3 is 9.67 Å². The number of halogens is 1. The lowest BCUT2D eigenvalue weighted by molar-refractivity contribution is 0.400. The van der Waals surface area contributed by atoms with Gasteiger partial charge in [-0.25, -0.2) is 4.98 Å². The van der Waals surface area contributed by atoms with Gasteiger partial charge in [-0.1, -0.05) is 108 Å². The molecule has 0 fully saturated rings. The smallest absolute Gasteiger partial charge is 0.147 e. The van der Waals surface area contributed by atoms with Crippen LogP contribution in [-0.2, 0) is 0 Å². The summed E-state index contributed by atoms with van der Waals surface area (Å²) in [6.07, 6.45) is 34.6. The molecule has 4 aliphatic rings. The maximum atomic E-state index is 10.2. The predicted octanol–water partition coefficient (Wildman–Crippen LogP) is 10.2. The number of fused-ring (bicyclic) bond motifs is 4. The van der Waals surface area contributed by atoms with E-state index < -0.39 is 0 Å². The number of aliphatic hydroxyl groups excluding tert-OH is 1. The first-order valence-electron chi connectivity index (χ1n) is 14.8. The molecule has 3 nitrogen and oxygen atoms in total. The Morgan fingerprint density at radius 2 is 1.66 bits per heavy atom. The molecule has 0 aromatic carbocycles. The molecule has 0 aliphatic heterocycles. The molecule has 0 spiro atoms. The van der Waals surface area contributed by atoms with Crippen LogP contribution in [0.4, 0.5) is 0 Å². The van der Waals surface area contributed by atoms with Crippen LogP contribution < -0.4 is 0 Å². The zero-order valence-corrected chi connectivity index (χ0v) is 24.2. The highest BCUT2D eigenvalue weighted by molar-refractivity contribution is 6.29. The van der Waals surface area contributed by atoms with Crippen molar-refractivity contribution in [2.45, 2.75) is 97.8 Å². The van der Waals surface area contributed by atoms with E-state index in [2.05, 4.69) is 60.7 Å². The summed E-state index contributed by atoms with van der Waals surface area (Å²) in [4.78, 5) is 4.32. The molecule has 0 amide bonds. The van der Waals surface area contributed by atoms with Crippen LogP contribution in [0.3, 0.4) is 0 Å². The van der Waals surface area contributed by atoms with E-state index in [4.69, 9.17) is 11.6 Å². The minimum atomic E-state index is -0.231. The quantitative estimate of drug-likeness (QED) is 0.273. The van der Waals surface area contributed by atoms with E-state index in [0.29, 0.717) is 10.9 Å². The van der Waals surface area contributed by atoms with Crippen LogP contribution in [0.5, 0.6) is 0 Å². The zero-order chi connectivity index (χ0) is 26.8. The number of rotatable bonds is 12. The van der Waals surface area contributed by atoms with Gasteiger partial charge in [-0.3, -0.25) is 0 Å². The van der Waals surface area contributed by atoms with Crippen molar-refractivity contribution in [2.24, 2.45) is 10.8 Å². The number of hydrogen-bond acceptors (Lipinski definition) is 2. The Bertz CT molecular complexity index is 1280. The van der Waals surface area contributed by atoms with Gasteiger partial charge in [0.2, 0.25) is 0 Å². The second-order valence-corrected chi connectivity index (χ2v) is 12.3. The molecule has 1 N–H and O–H groups in total. The Hall–Kier alpha value is -2.52. The Morgan fingerprint density at radius 3 is 2.34 bits per heavy atom. The second kappa shape index (κ2) is 11.3. The third-order valence-electron chi connectivity index (χ3n) is 9.14. The first-order valence-corrected chi connectivity index (χ1v) is 15.1. The maximum Gasteiger partial charge on any atom is 0.147 e. The average molecular weight is 531 g/mol. The van der Waals surface area contributed by atoms with Crippen molar-refractivity contribution in [1.82, 2.24) is 9.55 Å². The molecule has 0 bridgehead atoms. The summed E-state index contributed by atoms with van der Waals surface area (Å²) in [6, 6.07) is 0. The molecule has 0 radical (unpaired) electrons. The van der Waals surface area contributed by atoms with Crippen LogP contribution in [0, 0.1) is 10.8 Å². The van der Waals surface area contributed by atoms with Crippen LogP contribution in [0.25, 0.3) is 5.70 Å². The molecule has 0 unspecified atom stereocenters. The van der Waals surface area contributed by atoms with Crippen molar-refractivity contribution in [3.05, 3.63) is 93.8 Å². The zero-order valence-electron chi connectivity index (χ0n) is 23.4. The number of imidazole rings is 1. The van der Waals surface area contributed by atoms with E-state index in [1.165, 1.54) is 97.8 Å². The molecule has 0 saturated heterocycles. The fourth-order valence-electron chi connectivity index (χ4n) is 6.85. The summed E-state index contributed by atoms with van der Waals surface area (Å²) in [5.41, 5.74) is 7.65. The highest BCUT2D eigenvalue weighted by Crippen LogP contribution is 2.59. The monoisotopic (exact) mass is 530 g/mol. The minimum absolute atomic E-state index is 0.121. The number of nitrogens with zero attached hydrogens (tertiary/aromatic N) is 2. The molecule has 2 atom stereocenters. The standard InChI is InChI=1S/C34H43ClN2O/c1-4-5-6-7-8-9-10-11-12-13-14-25-21-30(37-23-31(35)36-24-37)34(3)20-18-29-28(32(25)34)16-15-26-22-27(38)17-19-33(26,29)2/h15-18,20-24,38H,4-14,19H2,1-3H3/t33-,34-/m1/s1. The van der Waals surface area contributed by atoms with Crippen molar-refractivity contribution >= 4 is 17.3 Å². The molecular formula is C34H43ClN2O. The summed E-state index contributed by atoms with van der Waals surface area (Å²) < 4.78 is 2.10. The molecule has 0 saturated carbocycles. The van der Waals surface area contributed by atoms with Gasteiger partial charge in [0.25, 0.3) is 0 Å². The molecule has 38 heavy (non-hydrogen) atoms. The molecule has 1 aromatic rings. The van der Waals surface area contributed by atoms with Crippen LogP contribution in [0.1, 0.15) is 97.8 Å². The van der Waals surface area contributed by atoms with Crippen molar-refractivity contribution in [1.29, 1.82) is 0 Å². The van der Waals surface area contributed by atoms with Gasteiger partial charge in [0.15, 0.2) is 0 Å². The van der Waals surface area contributed by atoms with Crippen molar-refractivity contribution in [3.63, 3.8) is 0 Å². The van der Waals surface area contributed by atoms with Crippen LogP contribution in [0.2, 0.25) is 5.15 Å². The lowest BCUT2D eigenvalue weighted by atomic mass is 9.61. The van der Waals surface area contributed by atoms with E-state index in [1.807, 2.05) is 24.7 Å². The lowest BCUT2D eigenvalue weighted by Gasteiger charge is -2.43. The van der Waals surface area contributed by atoms with Gasteiger partial charge in [-0.05, 0) is 72.3 Å². The van der Waals surface area contributed by atoms with E-state index in [-0.39, 0.29) is 10.8 Å². The van der Waals surface area contributed by atoms with Gasteiger partial charge >= 0.3 is 0 Å². The maximum absolute atomic E-state index is 10.2.